The van der Waals surface area contributed by atoms with Crippen molar-refractivity contribution in [2.45, 2.75) is 13.8 Å². The molecule has 0 aliphatic carbocycles. The normalized spacial score (nSPS) is 11.3. The highest BCUT2D eigenvalue weighted by Gasteiger charge is 2.06. The summed E-state index contributed by atoms with van der Waals surface area (Å²) in [7, 11) is 0. The fourth-order valence-electron chi connectivity index (χ4n) is 2.26. The van der Waals surface area contributed by atoms with Crippen LogP contribution in [0.1, 0.15) is 35.1 Å². The summed E-state index contributed by atoms with van der Waals surface area (Å²) >= 11 is 0. The van der Waals surface area contributed by atoms with Crippen LogP contribution >= 0.6 is 0 Å². The molecule has 0 unspecified atom stereocenters. The standard InChI is InChI=1S/C22H23N5/c1-5-6-21(26-20(12-23)13-24)22-25-14-19(27-22)10-9-18-11-17(15(2)3)8-7-16(18)4/h5-8,11-14,23,26H,1-2,24H2,3-4H3,(H,25,27)/b20-13+,21-6+,23-12?. The van der Waals surface area contributed by atoms with Crippen molar-refractivity contribution >= 4 is 17.5 Å². The van der Waals surface area contributed by atoms with Crippen LogP contribution in [-0.2, 0) is 0 Å². The number of H-pyrrole nitrogens is 1. The zero-order chi connectivity index (χ0) is 19.8. The molecule has 5 heteroatoms. The molecule has 0 fully saturated rings. The van der Waals surface area contributed by atoms with Crippen LogP contribution in [0.5, 0.6) is 0 Å². The molecule has 136 valence electrons. The van der Waals surface area contributed by atoms with Crippen molar-refractivity contribution in [1.29, 1.82) is 5.41 Å². The number of imidazole rings is 1. The van der Waals surface area contributed by atoms with Crippen LogP contribution in [0.15, 0.2) is 61.6 Å². The summed E-state index contributed by atoms with van der Waals surface area (Å²) in [5, 5.41) is 10.4. The molecule has 0 aliphatic heterocycles. The first-order chi connectivity index (χ1) is 13.0. The summed E-state index contributed by atoms with van der Waals surface area (Å²) in [5.41, 5.74) is 11.4. The van der Waals surface area contributed by atoms with Gasteiger partial charge in [-0.1, -0.05) is 42.9 Å². The minimum atomic E-state index is 0.444. The molecule has 27 heavy (non-hydrogen) atoms. The first-order valence-corrected chi connectivity index (χ1v) is 8.34. The Morgan fingerprint density at radius 1 is 1.37 bits per heavy atom. The maximum absolute atomic E-state index is 7.33. The average Bonchev–Trinajstić information content (AvgIpc) is 3.13. The molecule has 2 rings (SSSR count). The zero-order valence-electron chi connectivity index (χ0n) is 15.6. The molecule has 0 spiro atoms. The minimum absolute atomic E-state index is 0.444. The van der Waals surface area contributed by atoms with Gasteiger partial charge < -0.3 is 21.4 Å². The smallest absolute Gasteiger partial charge is 0.154 e. The highest BCUT2D eigenvalue weighted by molar-refractivity contribution is 5.79. The van der Waals surface area contributed by atoms with Gasteiger partial charge in [-0.25, -0.2) is 4.98 Å². The lowest BCUT2D eigenvalue weighted by Crippen LogP contribution is -2.15. The van der Waals surface area contributed by atoms with E-state index in [-0.39, 0.29) is 0 Å². The quantitative estimate of drug-likeness (QED) is 0.361. The number of aromatic amines is 1. The molecule has 1 aromatic heterocycles. The lowest BCUT2D eigenvalue weighted by atomic mass is 10.0. The third-order valence-corrected chi connectivity index (χ3v) is 3.79. The van der Waals surface area contributed by atoms with Crippen LogP contribution in [0.2, 0.25) is 0 Å². The van der Waals surface area contributed by atoms with Gasteiger partial charge in [-0.3, -0.25) is 0 Å². The van der Waals surface area contributed by atoms with E-state index < -0.39 is 0 Å². The van der Waals surface area contributed by atoms with Crippen molar-refractivity contribution in [2.75, 3.05) is 0 Å². The SMILES string of the molecule is C=C/C=C(/N/C(C=N)=C/N)c1ncc(C#Cc2cc(C(=C)C)ccc2C)[nH]1. The summed E-state index contributed by atoms with van der Waals surface area (Å²) in [5.74, 6) is 6.86. The summed E-state index contributed by atoms with van der Waals surface area (Å²) in [6.45, 7) is 11.7. The Hall–Kier alpha value is -3.78. The second-order valence-electron chi connectivity index (χ2n) is 5.91. The number of rotatable bonds is 6. The van der Waals surface area contributed by atoms with Crippen molar-refractivity contribution in [2.24, 2.45) is 5.73 Å². The van der Waals surface area contributed by atoms with Crippen LogP contribution in [0.4, 0.5) is 0 Å². The van der Waals surface area contributed by atoms with Gasteiger partial charge in [-0.2, -0.15) is 0 Å². The van der Waals surface area contributed by atoms with Gasteiger partial charge in [0.1, 0.15) is 5.69 Å². The van der Waals surface area contributed by atoms with Gasteiger partial charge in [0, 0.05) is 18.0 Å². The number of nitrogens with two attached hydrogens (primary N) is 1. The number of nitrogens with zero attached hydrogens (tertiary/aromatic N) is 1. The van der Waals surface area contributed by atoms with Crippen LogP contribution in [0.25, 0.3) is 11.3 Å². The molecule has 0 bridgehead atoms. The van der Waals surface area contributed by atoms with Crippen molar-refractivity contribution < 1.29 is 0 Å². The van der Waals surface area contributed by atoms with Crippen LogP contribution < -0.4 is 11.1 Å². The Bertz CT molecular complexity index is 993. The van der Waals surface area contributed by atoms with Crippen LogP contribution in [0, 0.1) is 24.2 Å². The van der Waals surface area contributed by atoms with Gasteiger partial charge in [0.25, 0.3) is 0 Å². The van der Waals surface area contributed by atoms with E-state index in [2.05, 4.69) is 40.3 Å². The first kappa shape index (κ1) is 19.5. The Labute approximate surface area is 159 Å². The Morgan fingerprint density at radius 2 is 2.15 bits per heavy atom. The molecule has 0 atom stereocenters. The van der Waals surface area contributed by atoms with E-state index in [1.807, 2.05) is 32.0 Å². The van der Waals surface area contributed by atoms with E-state index >= 15 is 0 Å². The van der Waals surface area contributed by atoms with E-state index in [0.717, 1.165) is 28.5 Å². The lowest BCUT2D eigenvalue weighted by molar-refractivity contribution is 1.09. The summed E-state index contributed by atoms with van der Waals surface area (Å²) in [6, 6.07) is 6.12. The molecular formula is C22H23N5. The van der Waals surface area contributed by atoms with Gasteiger partial charge in [-0.15, -0.1) is 0 Å². The van der Waals surface area contributed by atoms with Crippen molar-refractivity contribution in [3.05, 3.63) is 89.8 Å². The Balaban J connectivity index is 2.31. The summed E-state index contributed by atoms with van der Waals surface area (Å²) < 4.78 is 0. The molecular weight excluding hydrogens is 334 g/mol. The lowest BCUT2D eigenvalue weighted by Gasteiger charge is -2.07. The number of nitrogens with one attached hydrogen (secondary N) is 3. The van der Waals surface area contributed by atoms with Gasteiger partial charge >= 0.3 is 0 Å². The molecule has 5 nitrogen and oxygen atoms in total. The topological polar surface area (TPSA) is 90.6 Å². The van der Waals surface area contributed by atoms with E-state index in [9.17, 15) is 0 Å². The molecule has 0 amide bonds. The van der Waals surface area contributed by atoms with Crippen molar-refractivity contribution in [3.8, 4) is 11.8 Å². The van der Waals surface area contributed by atoms with Crippen molar-refractivity contribution in [3.63, 3.8) is 0 Å². The maximum Gasteiger partial charge on any atom is 0.154 e. The van der Waals surface area contributed by atoms with E-state index in [1.165, 1.54) is 6.20 Å². The Kier molecular flexibility index (Phi) is 6.56. The third kappa shape index (κ3) is 5.10. The van der Waals surface area contributed by atoms with Gasteiger partial charge in [0.2, 0.25) is 0 Å². The van der Waals surface area contributed by atoms with Gasteiger partial charge in [-0.05, 0) is 43.0 Å². The predicted molar refractivity (Wildman–Crippen MR) is 113 cm³/mol. The first-order valence-electron chi connectivity index (χ1n) is 8.34. The number of aryl methyl sites for hydroxylation is 1. The fourth-order valence-corrected chi connectivity index (χ4v) is 2.26. The molecule has 0 aliphatic rings. The fraction of sp³-hybridized carbons (Fsp3) is 0.0909. The number of aromatic nitrogens is 2. The summed E-state index contributed by atoms with van der Waals surface area (Å²) in [6.07, 6.45) is 7.46. The monoisotopic (exact) mass is 357 g/mol. The molecule has 0 saturated carbocycles. The molecule has 1 heterocycles. The summed E-state index contributed by atoms with van der Waals surface area (Å²) in [4.78, 5) is 7.50. The van der Waals surface area contributed by atoms with E-state index in [0.29, 0.717) is 22.9 Å². The third-order valence-electron chi connectivity index (χ3n) is 3.79. The number of hydrogen-bond donors (Lipinski definition) is 4. The number of benzene rings is 1. The van der Waals surface area contributed by atoms with Crippen molar-refractivity contribution in [1.82, 2.24) is 15.3 Å². The van der Waals surface area contributed by atoms with Gasteiger partial charge in [0.05, 0.1) is 17.6 Å². The number of hydrogen-bond acceptors (Lipinski definition) is 4. The van der Waals surface area contributed by atoms with E-state index in [4.69, 9.17) is 11.1 Å². The van der Waals surface area contributed by atoms with Gasteiger partial charge in [0.15, 0.2) is 5.82 Å². The maximum atomic E-state index is 7.33. The zero-order valence-corrected chi connectivity index (χ0v) is 15.6. The molecule has 0 saturated heterocycles. The minimum Gasteiger partial charge on any atom is -0.403 e. The molecule has 5 N–H and O–H groups in total. The number of allylic oxidation sites excluding steroid dienone is 4. The molecule has 1 aromatic carbocycles. The highest BCUT2D eigenvalue weighted by atomic mass is 15.0. The molecule has 0 radical (unpaired) electrons. The Morgan fingerprint density at radius 3 is 2.78 bits per heavy atom. The van der Waals surface area contributed by atoms with Crippen LogP contribution in [0.3, 0.4) is 0 Å². The highest BCUT2D eigenvalue weighted by Crippen LogP contribution is 2.16. The molecule has 2 aromatic rings. The predicted octanol–water partition coefficient (Wildman–Crippen LogP) is 3.72. The average molecular weight is 357 g/mol. The second-order valence-corrected chi connectivity index (χ2v) is 5.91. The van der Waals surface area contributed by atoms with Crippen LogP contribution in [-0.4, -0.2) is 16.2 Å². The largest absolute Gasteiger partial charge is 0.403 e. The second kappa shape index (κ2) is 9.07. The van der Waals surface area contributed by atoms with E-state index in [1.54, 1.807) is 18.3 Å².